The first-order chi connectivity index (χ1) is 14.9. The highest BCUT2D eigenvalue weighted by Gasteiger charge is 2.26. The zero-order valence-electron chi connectivity index (χ0n) is 17.5. The number of nitrogens with zero attached hydrogens (tertiary/aromatic N) is 1. The Morgan fingerprint density at radius 1 is 1.00 bits per heavy atom. The van der Waals surface area contributed by atoms with Crippen LogP contribution in [0.2, 0.25) is 0 Å². The van der Waals surface area contributed by atoms with Gasteiger partial charge in [-0.15, -0.1) is 0 Å². The zero-order chi connectivity index (χ0) is 21.8. The highest BCUT2D eigenvalue weighted by molar-refractivity contribution is 7.91. The maximum absolute atomic E-state index is 12.8. The molecule has 31 heavy (non-hydrogen) atoms. The second-order valence-corrected chi connectivity index (χ2v) is 9.70. The average Bonchev–Trinajstić information content (AvgIpc) is 3.48. The fraction of sp³-hybridized carbons (Fsp3) is 0.292. The summed E-state index contributed by atoms with van der Waals surface area (Å²) in [5.41, 5.74) is 2.11. The molecule has 1 aromatic heterocycles. The molecule has 6 nitrogen and oxygen atoms in total. The standard InChI is InChI=1S/C24H26N2O4S/c1-18-9-11-20(12-10-18)31(28,29)23-14-13-22(30-23)24(27)25-17-21(26-15-5-6-16-26)19-7-3-2-4-8-19/h2-4,7-14,21H,5-6,15-17H2,1H3,(H,25,27). The van der Waals surface area contributed by atoms with Crippen LogP contribution in [-0.4, -0.2) is 38.9 Å². The van der Waals surface area contributed by atoms with Gasteiger partial charge in [-0.05, 0) is 62.7 Å². The fourth-order valence-corrected chi connectivity index (χ4v) is 5.06. The molecule has 0 radical (unpaired) electrons. The van der Waals surface area contributed by atoms with Crippen LogP contribution in [-0.2, 0) is 9.84 Å². The average molecular weight is 439 g/mol. The Morgan fingerprint density at radius 2 is 1.68 bits per heavy atom. The summed E-state index contributed by atoms with van der Waals surface area (Å²) in [5, 5.41) is 2.68. The van der Waals surface area contributed by atoms with E-state index in [1.807, 2.05) is 25.1 Å². The first kappa shape index (κ1) is 21.3. The maximum Gasteiger partial charge on any atom is 0.287 e. The topological polar surface area (TPSA) is 79.6 Å². The first-order valence-electron chi connectivity index (χ1n) is 10.4. The van der Waals surface area contributed by atoms with Gasteiger partial charge in [-0.1, -0.05) is 48.0 Å². The summed E-state index contributed by atoms with van der Waals surface area (Å²) >= 11 is 0. The minimum atomic E-state index is -3.81. The van der Waals surface area contributed by atoms with Crippen LogP contribution in [0.25, 0.3) is 0 Å². The Hall–Kier alpha value is -2.90. The van der Waals surface area contributed by atoms with Crippen molar-refractivity contribution in [1.82, 2.24) is 10.2 Å². The van der Waals surface area contributed by atoms with E-state index < -0.39 is 15.7 Å². The predicted molar refractivity (Wildman–Crippen MR) is 118 cm³/mol. The number of aryl methyl sites for hydroxylation is 1. The Balaban J connectivity index is 1.47. The van der Waals surface area contributed by atoms with Gasteiger partial charge < -0.3 is 9.73 Å². The number of amides is 1. The zero-order valence-corrected chi connectivity index (χ0v) is 18.3. The number of benzene rings is 2. The van der Waals surface area contributed by atoms with Gasteiger partial charge in [0.25, 0.3) is 5.91 Å². The number of furan rings is 1. The summed E-state index contributed by atoms with van der Waals surface area (Å²) in [6.07, 6.45) is 2.30. The molecule has 0 aliphatic carbocycles. The van der Waals surface area contributed by atoms with Gasteiger partial charge >= 0.3 is 0 Å². The van der Waals surface area contributed by atoms with Crippen LogP contribution in [0.3, 0.4) is 0 Å². The number of likely N-dealkylation sites (tertiary alicyclic amines) is 1. The van der Waals surface area contributed by atoms with E-state index in [2.05, 4.69) is 22.3 Å². The van der Waals surface area contributed by atoms with Gasteiger partial charge in [-0.25, -0.2) is 8.42 Å². The quantitative estimate of drug-likeness (QED) is 0.603. The molecular weight excluding hydrogens is 412 g/mol. The third kappa shape index (κ3) is 4.73. The molecule has 1 amide bonds. The molecule has 2 heterocycles. The lowest BCUT2D eigenvalue weighted by molar-refractivity contribution is 0.0905. The largest absolute Gasteiger partial charge is 0.439 e. The van der Waals surface area contributed by atoms with Crippen LogP contribution in [0.4, 0.5) is 0 Å². The first-order valence-corrected chi connectivity index (χ1v) is 11.9. The molecule has 1 aliphatic heterocycles. The Morgan fingerprint density at radius 3 is 2.35 bits per heavy atom. The lowest BCUT2D eigenvalue weighted by Crippen LogP contribution is -2.36. The highest BCUT2D eigenvalue weighted by atomic mass is 32.2. The van der Waals surface area contributed by atoms with E-state index in [-0.39, 0.29) is 21.8 Å². The van der Waals surface area contributed by atoms with E-state index in [0.717, 1.165) is 37.1 Å². The fourth-order valence-electron chi connectivity index (χ4n) is 3.88. The minimum absolute atomic E-state index is 0.0149. The Kier molecular flexibility index (Phi) is 6.25. The smallest absolute Gasteiger partial charge is 0.287 e. The van der Waals surface area contributed by atoms with Crippen molar-refractivity contribution < 1.29 is 17.6 Å². The molecule has 162 valence electrons. The molecule has 1 saturated heterocycles. The van der Waals surface area contributed by atoms with Gasteiger partial charge in [0.2, 0.25) is 14.9 Å². The summed E-state index contributed by atoms with van der Waals surface area (Å²) in [6.45, 7) is 4.30. The van der Waals surface area contributed by atoms with Crippen LogP contribution in [0, 0.1) is 6.92 Å². The highest BCUT2D eigenvalue weighted by Crippen LogP contribution is 2.26. The third-order valence-electron chi connectivity index (χ3n) is 5.62. The summed E-state index contributed by atoms with van der Waals surface area (Å²) in [4.78, 5) is 15.2. The molecule has 0 spiro atoms. The molecule has 0 saturated carbocycles. The molecule has 1 aliphatic rings. The lowest BCUT2D eigenvalue weighted by Gasteiger charge is -2.28. The van der Waals surface area contributed by atoms with Crippen LogP contribution in [0.15, 0.2) is 81.1 Å². The van der Waals surface area contributed by atoms with E-state index in [1.54, 1.807) is 12.1 Å². The molecular formula is C24H26N2O4S. The Bertz CT molecular complexity index is 1130. The van der Waals surface area contributed by atoms with Gasteiger partial charge in [0.05, 0.1) is 10.9 Å². The van der Waals surface area contributed by atoms with Crippen molar-refractivity contribution in [3.8, 4) is 0 Å². The maximum atomic E-state index is 12.8. The van der Waals surface area contributed by atoms with Crippen molar-refractivity contribution in [3.63, 3.8) is 0 Å². The second kappa shape index (κ2) is 9.08. The Labute approximate surface area is 182 Å². The summed E-state index contributed by atoms with van der Waals surface area (Å²) < 4.78 is 31.0. The van der Waals surface area contributed by atoms with E-state index >= 15 is 0 Å². The van der Waals surface area contributed by atoms with Crippen LogP contribution in [0.5, 0.6) is 0 Å². The molecule has 7 heteroatoms. The summed E-state index contributed by atoms with van der Waals surface area (Å²) in [7, 11) is -3.81. The molecule has 1 atom stereocenters. The van der Waals surface area contributed by atoms with Crippen LogP contribution in [0.1, 0.15) is 40.6 Å². The molecule has 1 N–H and O–H groups in total. The van der Waals surface area contributed by atoms with Gasteiger partial charge in [0.1, 0.15) is 0 Å². The third-order valence-corrected chi connectivity index (χ3v) is 7.26. The number of hydrogen-bond donors (Lipinski definition) is 1. The molecule has 0 bridgehead atoms. The van der Waals surface area contributed by atoms with Gasteiger partial charge in [-0.2, -0.15) is 0 Å². The van der Waals surface area contributed by atoms with Crippen molar-refractivity contribution in [2.45, 2.75) is 35.8 Å². The normalized spacial score (nSPS) is 15.6. The molecule has 1 unspecified atom stereocenters. The number of hydrogen-bond acceptors (Lipinski definition) is 5. The van der Waals surface area contributed by atoms with Crippen molar-refractivity contribution in [2.75, 3.05) is 19.6 Å². The molecule has 2 aromatic carbocycles. The van der Waals surface area contributed by atoms with Gasteiger partial charge in [0, 0.05) is 6.54 Å². The number of carbonyl (C=O) groups is 1. The summed E-state index contributed by atoms with van der Waals surface area (Å²) in [5.74, 6) is -0.440. The number of carbonyl (C=O) groups excluding carboxylic acids is 1. The second-order valence-electron chi connectivity index (χ2n) is 7.81. The molecule has 1 fully saturated rings. The minimum Gasteiger partial charge on any atom is -0.439 e. The van der Waals surface area contributed by atoms with Gasteiger partial charge in [-0.3, -0.25) is 9.69 Å². The van der Waals surface area contributed by atoms with Crippen LogP contribution < -0.4 is 5.32 Å². The van der Waals surface area contributed by atoms with E-state index in [1.165, 1.54) is 24.3 Å². The number of nitrogens with one attached hydrogen (secondary N) is 1. The number of rotatable bonds is 7. The van der Waals surface area contributed by atoms with Gasteiger partial charge in [0.15, 0.2) is 5.76 Å². The monoisotopic (exact) mass is 438 g/mol. The van der Waals surface area contributed by atoms with Crippen molar-refractivity contribution in [2.24, 2.45) is 0 Å². The van der Waals surface area contributed by atoms with Crippen molar-refractivity contribution >= 4 is 15.7 Å². The SMILES string of the molecule is Cc1ccc(S(=O)(=O)c2ccc(C(=O)NCC(c3ccccc3)N3CCCC3)o2)cc1. The van der Waals surface area contributed by atoms with Crippen molar-refractivity contribution in [1.29, 1.82) is 0 Å². The summed E-state index contributed by atoms with van der Waals surface area (Å²) in [6, 6.07) is 19.4. The van der Waals surface area contributed by atoms with Crippen LogP contribution >= 0.6 is 0 Å². The number of sulfone groups is 1. The predicted octanol–water partition coefficient (Wildman–Crippen LogP) is 3.99. The lowest BCUT2D eigenvalue weighted by atomic mass is 10.1. The molecule has 3 aromatic rings. The van der Waals surface area contributed by atoms with E-state index in [9.17, 15) is 13.2 Å². The van der Waals surface area contributed by atoms with E-state index in [4.69, 9.17) is 4.42 Å². The van der Waals surface area contributed by atoms with E-state index in [0.29, 0.717) is 6.54 Å². The van der Waals surface area contributed by atoms with Crippen molar-refractivity contribution in [3.05, 3.63) is 83.6 Å². The molecule has 4 rings (SSSR count).